The number of para-hydroxylation sites is 1. The summed E-state index contributed by atoms with van der Waals surface area (Å²) < 4.78 is 5.84. The topological polar surface area (TPSA) is 32.8 Å². The Labute approximate surface area is 179 Å². The molecule has 5 rings (SSSR count). The number of halogens is 1. The molecule has 2 aromatic carbocycles. The van der Waals surface area contributed by atoms with E-state index < -0.39 is 0 Å². The smallest absolute Gasteiger partial charge is 0.264 e. The number of thiophene rings is 1. The third kappa shape index (κ3) is 3.66. The molecule has 2 aliphatic rings. The summed E-state index contributed by atoms with van der Waals surface area (Å²) >= 11 is 7.90. The van der Waals surface area contributed by atoms with E-state index >= 15 is 0 Å². The lowest BCUT2D eigenvalue weighted by atomic mass is 10.1. The summed E-state index contributed by atoms with van der Waals surface area (Å²) in [4.78, 5) is 19.4. The summed E-state index contributed by atoms with van der Waals surface area (Å²) in [5, 5.41) is 0.778. The van der Waals surface area contributed by atoms with Crippen LogP contribution in [0.15, 0.2) is 54.6 Å². The monoisotopic (exact) mass is 424 g/mol. The summed E-state index contributed by atoms with van der Waals surface area (Å²) in [6, 6.07) is 17.9. The zero-order chi connectivity index (χ0) is 19.8. The molecule has 0 radical (unpaired) electrons. The molecule has 3 aromatic rings. The number of rotatable bonds is 3. The second-order valence-corrected chi connectivity index (χ2v) is 8.92. The van der Waals surface area contributed by atoms with Gasteiger partial charge in [0.2, 0.25) is 0 Å². The Bertz CT molecular complexity index is 1060. The van der Waals surface area contributed by atoms with Crippen molar-refractivity contribution in [3.05, 3.63) is 75.6 Å². The first-order chi connectivity index (χ1) is 14.2. The zero-order valence-electron chi connectivity index (χ0n) is 15.9. The highest BCUT2D eigenvalue weighted by Gasteiger charge is 2.27. The summed E-state index contributed by atoms with van der Waals surface area (Å²) in [6.07, 6.45) is 0.966. The van der Waals surface area contributed by atoms with Crippen molar-refractivity contribution < 1.29 is 9.53 Å². The number of nitrogens with zero attached hydrogens (tertiary/aromatic N) is 2. The van der Waals surface area contributed by atoms with Crippen molar-refractivity contribution in [1.29, 1.82) is 0 Å². The van der Waals surface area contributed by atoms with Crippen LogP contribution < -0.4 is 4.74 Å². The largest absolute Gasteiger partial charge is 0.488 e. The number of carbonyl (C=O) groups excluding carboxylic acids is 1. The van der Waals surface area contributed by atoms with Gasteiger partial charge in [0.05, 0.1) is 11.5 Å². The lowest BCUT2D eigenvalue weighted by Gasteiger charge is -2.35. The molecule has 4 nitrogen and oxygen atoms in total. The van der Waals surface area contributed by atoms with Gasteiger partial charge in [-0.15, -0.1) is 11.3 Å². The van der Waals surface area contributed by atoms with E-state index in [0.717, 1.165) is 63.3 Å². The summed E-state index contributed by atoms with van der Waals surface area (Å²) in [7, 11) is 0. The summed E-state index contributed by atoms with van der Waals surface area (Å²) in [5.41, 5.74) is 3.28. The molecule has 0 unspecified atom stereocenters. The predicted octanol–water partition coefficient (Wildman–Crippen LogP) is 5.27. The number of fused-ring (bicyclic) bond motifs is 3. The molecule has 0 atom stereocenters. The quantitative estimate of drug-likeness (QED) is 0.574. The Kier molecular flexibility index (Phi) is 5.04. The van der Waals surface area contributed by atoms with Gasteiger partial charge in [-0.1, -0.05) is 41.9 Å². The molecule has 1 saturated heterocycles. The van der Waals surface area contributed by atoms with Crippen LogP contribution in [-0.4, -0.2) is 35.5 Å². The van der Waals surface area contributed by atoms with E-state index in [4.69, 9.17) is 16.3 Å². The molecular weight excluding hydrogens is 404 g/mol. The molecule has 2 aliphatic heterocycles. The van der Waals surface area contributed by atoms with Crippen molar-refractivity contribution in [1.82, 2.24) is 9.80 Å². The van der Waals surface area contributed by atoms with Gasteiger partial charge in [0.25, 0.3) is 5.91 Å². The minimum absolute atomic E-state index is 0.103. The number of benzene rings is 2. The number of amides is 1. The Balaban J connectivity index is 1.34. The van der Waals surface area contributed by atoms with Crippen LogP contribution in [0.5, 0.6) is 5.75 Å². The molecule has 3 heterocycles. The second-order valence-electron chi connectivity index (χ2n) is 7.46. The van der Waals surface area contributed by atoms with Gasteiger partial charge in [0.15, 0.2) is 0 Å². The van der Waals surface area contributed by atoms with Gasteiger partial charge in [-0.25, -0.2) is 0 Å². The summed E-state index contributed by atoms with van der Waals surface area (Å²) in [5.74, 6) is 0.996. The van der Waals surface area contributed by atoms with E-state index in [9.17, 15) is 4.79 Å². The van der Waals surface area contributed by atoms with E-state index in [1.165, 1.54) is 0 Å². The van der Waals surface area contributed by atoms with Crippen molar-refractivity contribution >= 4 is 28.8 Å². The van der Waals surface area contributed by atoms with Crippen molar-refractivity contribution in [2.75, 3.05) is 19.8 Å². The highest BCUT2D eigenvalue weighted by Crippen LogP contribution is 2.42. The molecule has 1 fully saturated rings. The van der Waals surface area contributed by atoms with Crippen LogP contribution in [0.4, 0.5) is 0 Å². The van der Waals surface area contributed by atoms with Gasteiger partial charge in [-0.3, -0.25) is 9.69 Å². The van der Waals surface area contributed by atoms with E-state index in [0.29, 0.717) is 13.3 Å². The lowest BCUT2D eigenvalue weighted by Crippen LogP contribution is -2.46. The van der Waals surface area contributed by atoms with Gasteiger partial charge in [0, 0.05) is 40.7 Å². The van der Waals surface area contributed by atoms with Gasteiger partial charge >= 0.3 is 0 Å². The molecular formula is C23H21ClN2O2S. The van der Waals surface area contributed by atoms with Crippen LogP contribution in [0.1, 0.15) is 27.2 Å². The Morgan fingerprint density at radius 3 is 2.83 bits per heavy atom. The molecule has 1 amide bonds. The molecule has 0 aliphatic carbocycles. The van der Waals surface area contributed by atoms with Crippen molar-refractivity contribution in [2.45, 2.75) is 19.6 Å². The van der Waals surface area contributed by atoms with Crippen molar-refractivity contribution in [3.63, 3.8) is 0 Å². The average molecular weight is 425 g/mol. The Morgan fingerprint density at radius 2 is 1.93 bits per heavy atom. The molecule has 0 spiro atoms. The van der Waals surface area contributed by atoms with E-state index in [1.54, 1.807) is 11.3 Å². The number of ether oxygens (including phenoxy) is 1. The third-order valence-corrected chi connectivity index (χ3v) is 7.01. The maximum Gasteiger partial charge on any atom is 0.264 e. The SMILES string of the molecule is O=C(c1cc2c(s1)-c1ccccc1OC2)N1CCCN(Cc2ccccc2Cl)C1. The Hall–Kier alpha value is -2.34. The maximum absolute atomic E-state index is 13.2. The van der Waals surface area contributed by atoms with E-state index in [-0.39, 0.29) is 5.91 Å². The van der Waals surface area contributed by atoms with Crippen LogP contribution in [0.25, 0.3) is 10.4 Å². The summed E-state index contributed by atoms with van der Waals surface area (Å²) in [6.45, 7) is 3.66. The van der Waals surface area contributed by atoms with Crippen LogP contribution in [0, 0.1) is 0 Å². The Morgan fingerprint density at radius 1 is 1.10 bits per heavy atom. The number of carbonyl (C=O) groups is 1. The van der Waals surface area contributed by atoms with Crippen molar-refractivity contribution in [3.8, 4) is 16.2 Å². The van der Waals surface area contributed by atoms with Gasteiger partial charge in [-0.05, 0) is 36.2 Å². The van der Waals surface area contributed by atoms with Gasteiger partial charge in [0.1, 0.15) is 12.4 Å². The first kappa shape index (κ1) is 18.7. The molecule has 0 saturated carbocycles. The van der Waals surface area contributed by atoms with Crippen molar-refractivity contribution in [2.24, 2.45) is 0 Å². The first-order valence-corrected chi connectivity index (χ1v) is 11.0. The fourth-order valence-corrected chi connectivity index (χ4v) is 5.35. The number of hydrogen-bond donors (Lipinski definition) is 0. The molecule has 0 bridgehead atoms. The highest BCUT2D eigenvalue weighted by molar-refractivity contribution is 7.17. The van der Waals surface area contributed by atoms with E-state index in [2.05, 4.69) is 11.0 Å². The highest BCUT2D eigenvalue weighted by atomic mass is 35.5. The lowest BCUT2D eigenvalue weighted by molar-refractivity contribution is 0.0484. The fraction of sp³-hybridized carbons (Fsp3) is 0.261. The standard InChI is InChI=1S/C23H21ClN2O2S/c24-19-8-3-1-6-16(19)13-25-10-5-11-26(15-25)23(27)21-12-17-14-28-20-9-4-2-7-18(20)22(17)29-21/h1-4,6-9,12H,5,10-11,13-15H2. The zero-order valence-corrected chi connectivity index (χ0v) is 17.5. The third-order valence-electron chi connectivity index (χ3n) is 5.45. The molecule has 29 heavy (non-hydrogen) atoms. The average Bonchev–Trinajstić information content (AvgIpc) is 3.20. The van der Waals surface area contributed by atoms with Gasteiger partial charge in [-0.2, -0.15) is 0 Å². The molecule has 1 aromatic heterocycles. The van der Waals surface area contributed by atoms with Crippen LogP contribution in [-0.2, 0) is 13.2 Å². The second kappa shape index (κ2) is 7.82. The fourth-order valence-electron chi connectivity index (χ4n) is 3.99. The van der Waals surface area contributed by atoms with Crippen LogP contribution >= 0.6 is 22.9 Å². The van der Waals surface area contributed by atoms with Gasteiger partial charge < -0.3 is 9.64 Å². The molecule has 148 valence electrons. The van der Waals surface area contributed by atoms with Crippen LogP contribution in [0.3, 0.4) is 0 Å². The normalized spacial score (nSPS) is 16.1. The van der Waals surface area contributed by atoms with Crippen LogP contribution in [0.2, 0.25) is 5.02 Å². The minimum Gasteiger partial charge on any atom is -0.488 e. The minimum atomic E-state index is 0.103. The van der Waals surface area contributed by atoms with E-state index in [1.807, 2.05) is 53.4 Å². The predicted molar refractivity (Wildman–Crippen MR) is 116 cm³/mol. The first-order valence-electron chi connectivity index (χ1n) is 9.79. The molecule has 0 N–H and O–H groups in total. The maximum atomic E-state index is 13.2. The number of hydrogen-bond acceptors (Lipinski definition) is 4. The molecule has 6 heteroatoms.